The zero-order valence-electron chi connectivity index (χ0n) is 24.9. The number of aryl methyl sites for hydroxylation is 1. The highest BCUT2D eigenvalue weighted by Gasteiger charge is 2.37. The van der Waals surface area contributed by atoms with Crippen molar-refractivity contribution in [3.05, 3.63) is 40.7 Å². The SMILES string of the molecule is COc1c(F)cc(-c2c(CN3CCCC3)nc(C)c([C@H](OC(C)(C)C)C(=O)O)c2N2CCC(C)(C)CC2)cc1F. The lowest BCUT2D eigenvalue weighted by Gasteiger charge is -2.41. The second-order valence-corrected chi connectivity index (χ2v) is 12.8. The van der Waals surface area contributed by atoms with Crippen molar-refractivity contribution in [2.75, 3.05) is 38.2 Å². The van der Waals surface area contributed by atoms with Crippen LogP contribution in [0.4, 0.5) is 14.5 Å². The Bertz CT molecular complexity index is 1220. The van der Waals surface area contributed by atoms with Crippen LogP contribution in [0.25, 0.3) is 11.1 Å². The smallest absolute Gasteiger partial charge is 0.337 e. The van der Waals surface area contributed by atoms with E-state index in [1.807, 2.05) is 20.8 Å². The molecule has 3 heterocycles. The highest BCUT2D eigenvalue weighted by molar-refractivity contribution is 5.88. The van der Waals surface area contributed by atoms with Crippen LogP contribution in [0.5, 0.6) is 5.75 Å². The summed E-state index contributed by atoms with van der Waals surface area (Å²) in [5, 5.41) is 10.4. The van der Waals surface area contributed by atoms with Crippen LogP contribution < -0.4 is 9.64 Å². The van der Waals surface area contributed by atoms with Crippen LogP contribution in [-0.2, 0) is 16.1 Å². The fourth-order valence-corrected chi connectivity index (χ4v) is 5.80. The number of likely N-dealkylation sites (tertiary alicyclic amines) is 1. The van der Waals surface area contributed by atoms with Crippen LogP contribution >= 0.6 is 0 Å². The van der Waals surface area contributed by atoms with Crippen molar-refractivity contribution in [1.29, 1.82) is 0 Å². The number of aromatic nitrogens is 1. The Hall–Kier alpha value is -2.78. The molecule has 2 aliphatic rings. The molecule has 0 unspecified atom stereocenters. The lowest BCUT2D eigenvalue weighted by Crippen LogP contribution is -2.39. The topological polar surface area (TPSA) is 75.1 Å². The number of carboxylic acids is 1. The summed E-state index contributed by atoms with van der Waals surface area (Å²) in [6.45, 7) is 15.3. The third-order valence-corrected chi connectivity index (χ3v) is 7.93. The summed E-state index contributed by atoms with van der Waals surface area (Å²) in [6, 6.07) is 2.53. The number of carbonyl (C=O) groups is 1. The van der Waals surface area contributed by atoms with Crippen LogP contribution in [0, 0.1) is 24.0 Å². The van der Waals surface area contributed by atoms with E-state index < -0.39 is 35.1 Å². The number of rotatable bonds is 8. The van der Waals surface area contributed by atoms with Gasteiger partial charge < -0.3 is 19.5 Å². The number of nitrogens with zero attached hydrogens (tertiary/aromatic N) is 3. The van der Waals surface area contributed by atoms with Crippen LogP contribution in [0.15, 0.2) is 12.1 Å². The second-order valence-electron chi connectivity index (χ2n) is 12.8. The number of hydrogen-bond acceptors (Lipinski definition) is 6. The quantitative estimate of drug-likeness (QED) is 0.395. The Morgan fingerprint density at radius 3 is 2.17 bits per heavy atom. The number of pyridine rings is 1. The van der Waals surface area contributed by atoms with Gasteiger partial charge in [0.15, 0.2) is 23.5 Å². The normalized spacial score (nSPS) is 18.7. The third kappa shape index (κ3) is 6.57. The van der Waals surface area contributed by atoms with E-state index in [2.05, 4.69) is 23.6 Å². The van der Waals surface area contributed by atoms with Crippen molar-refractivity contribution in [2.45, 2.75) is 85.5 Å². The van der Waals surface area contributed by atoms with Crippen molar-refractivity contribution in [1.82, 2.24) is 9.88 Å². The first kappa shape index (κ1) is 30.2. The molecule has 9 heteroatoms. The van der Waals surface area contributed by atoms with Gasteiger partial charge in [-0.1, -0.05) is 13.8 Å². The summed E-state index contributed by atoms with van der Waals surface area (Å²) in [5.74, 6) is -3.23. The first-order valence-corrected chi connectivity index (χ1v) is 14.2. The first-order chi connectivity index (χ1) is 18.7. The van der Waals surface area contributed by atoms with E-state index >= 15 is 8.78 Å². The van der Waals surface area contributed by atoms with Gasteiger partial charge in [0.25, 0.3) is 0 Å². The van der Waals surface area contributed by atoms with E-state index in [9.17, 15) is 9.90 Å². The van der Waals surface area contributed by atoms with E-state index in [4.69, 9.17) is 14.5 Å². The van der Waals surface area contributed by atoms with Gasteiger partial charge in [0.1, 0.15) is 0 Å². The molecule has 220 valence electrons. The van der Waals surface area contributed by atoms with E-state index in [0.29, 0.717) is 53.4 Å². The molecule has 4 rings (SSSR count). The number of hydrogen-bond donors (Lipinski definition) is 1. The van der Waals surface area contributed by atoms with Gasteiger partial charge in [-0.25, -0.2) is 13.6 Å². The molecule has 0 aliphatic carbocycles. The zero-order chi connectivity index (χ0) is 29.4. The molecule has 0 saturated carbocycles. The highest BCUT2D eigenvalue weighted by Crippen LogP contribution is 2.46. The van der Waals surface area contributed by atoms with Crippen molar-refractivity contribution in [2.24, 2.45) is 5.41 Å². The average molecular weight is 560 g/mol. The Morgan fingerprint density at radius 2 is 1.68 bits per heavy atom. The van der Waals surface area contributed by atoms with Crippen LogP contribution in [0.2, 0.25) is 0 Å². The van der Waals surface area contributed by atoms with E-state index in [1.165, 1.54) is 19.2 Å². The number of halogens is 2. The summed E-state index contributed by atoms with van der Waals surface area (Å²) < 4.78 is 41.4. The minimum absolute atomic E-state index is 0.129. The monoisotopic (exact) mass is 559 g/mol. The summed E-state index contributed by atoms with van der Waals surface area (Å²) in [6.07, 6.45) is 2.61. The van der Waals surface area contributed by atoms with Gasteiger partial charge in [-0.3, -0.25) is 9.88 Å². The number of piperidine rings is 1. The molecule has 2 fully saturated rings. The van der Waals surface area contributed by atoms with Crippen LogP contribution in [0.1, 0.15) is 83.4 Å². The Labute approximate surface area is 236 Å². The molecule has 2 aromatic rings. The maximum atomic E-state index is 15.2. The van der Waals surface area contributed by atoms with Crippen molar-refractivity contribution in [3.8, 4) is 16.9 Å². The molecule has 2 saturated heterocycles. The van der Waals surface area contributed by atoms with Gasteiger partial charge in [0, 0.05) is 36.5 Å². The van der Waals surface area contributed by atoms with Crippen LogP contribution in [-0.4, -0.2) is 59.8 Å². The number of anilines is 1. The Morgan fingerprint density at radius 1 is 1.10 bits per heavy atom. The highest BCUT2D eigenvalue weighted by atomic mass is 19.1. The van der Waals surface area contributed by atoms with E-state index in [-0.39, 0.29) is 5.41 Å². The van der Waals surface area contributed by atoms with E-state index in [0.717, 1.165) is 38.8 Å². The minimum atomic E-state index is -1.31. The fraction of sp³-hybridized carbons (Fsp3) is 0.613. The van der Waals surface area contributed by atoms with Gasteiger partial charge in [-0.15, -0.1) is 0 Å². The predicted octanol–water partition coefficient (Wildman–Crippen LogP) is 6.51. The largest absolute Gasteiger partial charge is 0.491 e. The maximum Gasteiger partial charge on any atom is 0.337 e. The minimum Gasteiger partial charge on any atom is -0.491 e. The fourth-order valence-electron chi connectivity index (χ4n) is 5.80. The van der Waals surface area contributed by atoms with E-state index in [1.54, 1.807) is 6.92 Å². The molecule has 0 radical (unpaired) electrons. The third-order valence-electron chi connectivity index (χ3n) is 7.93. The molecule has 0 amide bonds. The number of ether oxygens (including phenoxy) is 2. The zero-order valence-corrected chi connectivity index (χ0v) is 24.9. The summed E-state index contributed by atoms with van der Waals surface area (Å²) in [7, 11) is 1.23. The number of carboxylic acid groups (broad SMARTS) is 1. The lowest BCUT2D eigenvalue weighted by atomic mass is 9.81. The predicted molar refractivity (Wildman–Crippen MR) is 152 cm³/mol. The molecule has 1 N–H and O–H groups in total. The Balaban J connectivity index is 2.04. The van der Waals surface area contributed by atoms with Gasteiger partial charge in [0.05, 0.1) is 24.1 Å². The average Bonchev–Trinajstić information content (AvgIpc) is 3.35. The standard InChI is InChI=1S/C31H43F2N3O4/c1-19-24(28(29(37)38)40-30(2,3)4)26(36-14-10-31(5,6)11-15-36)25(23(34-19)18-35-12-8-9-13-35)20-16-21(32)27(39-7)22(33)17-20/h16-17,28H,8-15,18H2,1-7H3,(H,37,38)/t28-/m0/s1. The molecular weight excluding hydrogens is 516 g/mol. The summed E-state index contributed by atoms with van der Waals surface area (Å²) in [4.78, 5) is 22.1. The van der Waals surface area contributed by atoms with Crippen molar-refractivity contribution in [3.63, 3.8) is 0 Å². The number of benzene rings is 1. The molecule has 40 heavy (non-hydrogen) atoms. The number of methoxy groups -OCH3 is 1. The summed E-state index contributed by atoms with van der Waals surface area (Å²) >= 11 is 0. The molecular formula is C31H43F2N3O4. The molecule has 2 aliphatic heterocycles. The molecule has 7 nitrogen and oxygen atoms in total. The molecule has 1 aromatic heterocycles. The molecule has 0 spiro atoms. The maximum absolute atomic E-state index is 15.2. The van der Waals surface area contributed by atoms with Gasteiger partial charge in [0.2, 0.25) is 0 Å². The summed E-state index contributed by atoms with van der Waals surface area (Å²) in [5.41, 5.74) is 2.51. The molecule has 1 aromatic carbocycles. The second kappa shape index (κ2) is 11.6. The number of aliphatic carboxylic acids is 1. The molecule has 1 atom stereocenters. The van der Waals surface area contributed by atoms with Crippen molar-refractivity contribution < 1.29 is 28.2 Å². The van der Waals surface area contributed by atoms with Gasteiger partial charge in [-0.05, 0) is 89.6 Å². The Kier molecular flexibility index (Phi) is 8.76. The first-order valence-electron chi connectivity index (χ1n) is 14.2. The lowest BCUT2D eigenvalue weighted by molar-refractivity contribution is -0.160. The van der Waals surface area contributed by atoms with Gasteiger partial charge >= 0.3 is 5.97 Å². The van der Waals surface area contributed by atoms with Crippen LogP contribution in [0.3, 0.4) is 0 Å². The van der Waals surface area contributed by atoms with Crippen molar-refractivity contribution >= 4 is 11.7 Å². The van der Waals surface area contributed by atoms with Gasteiger partial charge in [-0.2, -0.15) is 0 Å². The molecule has 0 bridgehead atoms.